The van der Waals surface area contributed by atoms with Crippen molar-refractivity contribution >= 4 is 0 Å². The van der Waals surface area contributed by atoms with E-state index in [4.69, 9.17) is 5.11 Å². The van der Waals surface area contributed by atoms with Gasteiger partial charge in [-0.15, -0.1) is 0 Å². The number of phenols is 1. The summed E-state index contributed by atoms with van der Waals surface area (Å²) < 4.78 is 0. The fourth-order valence-corrected chi connectivity index (χ4v) is 2.16. The van der Waals surface area contributed by atoms with Crippen LogP contribution < -0.4 is 0 Å². The molecule has 1 aromatic carbocycles. The van der Waals surface area contributed by atoms with Crippen molar-refractivity contribution in [1.29, 1.82) is 0 Å². The molecule has 0 aliphatic heterocycles. The Bertz CT molecular complexity index is 434. The van der Waals surface area contributed by atoms with Crippen LogP contribution in [-0.2, 0) is 17.3 Å². The zero-order valence-corrected chi connectivity index (χ0v) is 13.2. The molecule has 0 fully saturated rings. The van der Waals surface area contributed by atoms with Crippen LogP contribution in [0.2, 0.25) is 0 Å². The van der Waals surface area contributed by atoms with Crippen molar-refractivity contribution in [2.45, 2.75) is 65.2 Å². The number of aliphatic hydroxyl groups is 1. The number of benzene rings is 1. The molecule has 0 saturated carbocycles. The first kappa shape index (κ1) is 16.0. The van der Waals surface area contributed by atoms with E-state index >= 15 is 0 Å². The molecule has 2 N–H and O–H groups in total. The zero-order chi connectivity index (χ0) is 14.8. The lowest BCUT2D eigenvalue weighted by molar-refractivity contribution is 0.288. The normalized spacial score (nSPS) is 12.8. The van der Waals surface area contributed by atoms with Crippen LogP contribution in [-0.4, -0.2) is 16.8 Å². The van der Waals surface area contributed by atoms with E-state index in [2.05, 4.69) is 53.7 Å². The molecule has 0 aliphatic carbocycles. The standard InChI is InChI=1S/C17H28O2/c1-16(2,3)13-10-12(8-7-9-18)15(19)14(11-13)17(4,5)6/h10-11,18-19H,7-9H2,1-6H3. The Hall–Kier alpha value is -1.02. The molecule has 0 unspecified atom stereocenters. The van der Waals surface area contributed by atoms with E-state index in [0.717, 1.165) is 17.5 Å². The third kappa shape index (κ3) is 3.97. The summed E-state index contributed by atoms with van der Waals surface area (Å²) in [6, 6.07) is 4.21. The Morgan fingerprint density at radius 3 is 1.95 bits per heavy atom. The molecule has 2 nitrogen and oxygen atoms in total. The molecule has 0 radical (unpaired) electrons. The van der Waals surface area contributed by atoms with E-state index in [-0.39, 0.29) is 17.4 Å². The van der Waals surface area contributed by atoms with Crippen molar-refractivity contribution in [1.82, 2.24) is 0 Å². The number of rotatable bonds is 3. The summed E-state index contributed by atoms with van der Waals surface area (Å²) in [6.45, 7) is 13.0. The number of aliphatic hydroxyl groups excluding tert-OH is 1. The number of aryl methyl sites for hydroxylation is 1. The summed E-state index contributed by atoms with van der Waals surface area (Å²) in [5.74, 6) is 0.397. The summed E-state index contributed by atoms with van der Waals surface area (Å²) in [6.07, 6.45) is 1.40. The van der Waals surface area contributed by atoms with Crippen molar-refractivity contribution < 1.29 is 10.2 Å². The fourth-order valence-electron chi connectivity index (χ4n) is 2.16. The molecule has 0 spiro atoms. The molecule has 0 aromatic heterocycles. The van der Waals surface area contributed by atoms with Crippen molar-refractivity contribution in [3.8, 4) is 5.75 Å². The van der Waals surface area contributed by atoms with Crippen molar-refractivity contribution in [2.24, 2.45) is 0 Å². The topological polar surface area (TPSA) is 40.5 Å². The highest BCUT2D eigenvalue weighted by atomic mass is 16.3. The molecule has 0 saturated heterocycles. The minimum Gasteiger partial charge on any atom is -0.507 e. The predicted octanol–water partition coefficient (Wildman–Crippen LogP) is 3.91. The van der Waals surface area contributed by atoms with Crippen LogP contribution in [0.5, 0.6) is 5.75 Å². The van der Waals surface area contributed by atoms with Gasteiger partial charge in [0.1, 0.15) is 5.75 Å². The number of phenolic OH excluding ortho intramolecular Hbond substituents is 1. The number of hydrogen-bond acceptors (Lipinski definition) is 2. The van der Waals surface area contributed by atoms with E-state index in [1.54, 1.807) is 0 Å². The van der Waals surface area contributed by atoms with Crippen molar-refractivity contribution in [3.63, 3.8) is 0 Å². The van der Waals surface area contributed by atoms with Gasteiger partial charge in [0.05, 0.1) is 0 Å². The number of hydrogen-bond donors (Lipinski definition) is 2. The molecule has 0 aliphatic rings. The maximum atomic E-state index is 10.5. The van der Waals surface area contributed by atoms with E-state index in [9.17, 15) is 5.11 Å². The van der Waals surface area contributed by atoms with Gasteiger partial charge in [0.25, 0.3) is 0 Å². The third-order valence-corrected chi connectivity index (χ3v) is 3.47. The largest absolute Gasteiger partial charge is 0.507 e. The van der Waals surface area contributed by atoms with Crippen molar-refractivity contribution in [3.05, 3.63) is 28.8 Å². The van der Waals surface area contributed by atoms with Crippen LogP contribution in [0.4, 0.5) is 0 Å². The third-order valence-electron chi connectivity index (χ3n) is 3.47. The van der Waals surface area contributed by atoms with E-state index < -0.39 is 0 Å². The molecule has 0 heterocycles. The minimum absolute atomic E-state index is 0.0572. The van der Waals surface area contributed by atoms with Crippen LogP contribution in [0.3, 0.4) is 0 Å². The quantitative estimate of drug-likeness (QED) is 0.869. The first-order chi connectivity index (χ1) is 8.57. The van der Waals surface area contributed by atoms with Crippen LogP contribution in [0.15, 0.2) is 12.1 Å². The first-order valence-electron chi connectivity index (χ1n) is 7.05. The Labute approximate surface area is 117 Å². The van der Waals surface area contributed by atoms with Crippen LogP contribution in [0.25, 0.3) is 0 Å². The fraction of sp³-hybridized carbons (Fsp3) is 0.647. The molecule has 1 aromatic rings. The van der Waals surface area contributed by atoms with Gasteiger partial charge < -0.3 is 10.2 Å². The molecule has 108 valence electrons. The number of aromatic hydroxyl groups is 1. The van der Waals surface area contributed by atoms with Crippen molar-refractivity contribution in [2.75, 3.05) is 6.61 Å². The Morgan fingerprint density at radius 1 is 0.947 bits per heavy atom. The van der Waals surface area contributed by atoms with Crippen LogP contribution in [0.1, 0.15) is 64.7 Å². The predicted molar refractivity (Wildman–Crippen MR) is 80.9 cm³/mol. The lowest BCUT2D eigenvalue weighted by Crippen LogP contribution is -2.17. The van der Waals surface area contributed by atoms with Gasteiger partial charge in [-0.1, -0.05) is 53.7 Å². The minimum atomic E-state index is -0.0840. The van der Waals surface area contributed by atoms with E-state index in [1.807, 2.05) is 0 Å². The molecule has 2 heteroatoms. The Morgan fingerprint density at radius 2 is 1.53 bits per heavy atom. The Balaban J connectivity index is 3.39. The molecular formula is C17H28O2. The highest BCUT2D eigenvalue weighted by Crippen LogP contribution is 2.37. The highest BCUT2D eigenvalue weighted by Gasteiger charge is 2.24. The molecular weight excluding hydrogens is 236 g/mol. The van der Waals surface area contributed by atoms with Gasteiger partial charge in [0.2, 0.25) is 0 Å². The van der Waals surface area contributed by atoms with Gasteiger partial charge in [-0.3, -0.25) is 0 Å². The van der Waals surface area contributed by atoms with Crippen LogP contribution in [0, 0.1) is 0 Å². The SMILES string of the molecule is CC(C)(C)c1cc(CCCO)c(O)c(C(C)(C)C)c1. The monoisotopic (exact) mass is 264 g/mol. The van der Waals surface area contributed by atoms with Gasteiger partial charge in [-0.05, 0) is 40.4 Å². The van der Waals surface area contributed by atoms with Gasteiger partial charge in [-0.2, -0.15) is 0 Å². The van der Waals surface area contributed by atoms with E-state index in [1.165, 1.54) is 5.56 Å². The average molecular weight is 264 g/mol. The second kappa shape index (κ2) is 5.54. The second-order valence-electron chi connectivity index (χ2n) is 7.36. The zero-order valence-electron chi connectivity index (χ0n) is 13.2. The summed E-state index contributed by atoms with van der Waals surface area (Å²) >= 11 is 0. The summed E-state index contributed by atoms with van der Waals surface area (Å²) in [5.41, 5.74) is 3.16. The van der Waals surface area contributed by atoms with Gasteiger partial charge in [0, 0.05) is 6.61 Å². The molecule has 1 rings (SSSR count). The second-order valence-corrected chi connectivity index (χ2v) is 7.36. The van der Waals surface area contributed by atoms with E-state index in [0.29, 0.717) is 12.2 Å². The summed E-state index contributed by atoms with van der Waals surface area (Å²) in [4.78, 5) is 0. The van der Waals surface area contributed by atoms with Gasteiger partial charge in [0.15, 0.2) is 0 Å². The smallest absolute Gasteiger partial charge is 0.122 e. The Kier molecular flexibility index (Phi) is 4.67. The van der Waals surface area contributed by atoms with Crippen LogP contribution >= 0.6 is 0 Å². The van der Waals surface area contributed by atoms with Gasteiger partial charge >= 0.3 is 0 Å². The molecule has 0 bridgehead atoms. The molecule has 0 amide bonds. The summed E-state index contributed by atoms with van der Waals surface area (Å²) in [5, 5.41) is 19.5. The highest BCUT2D eigenvalue weighted by molar-refractivity contribution is 5.48. The summed E-state index contributed by atoms with van der Waals surface area (Å²) in [7, 11) is 0. The average Bonchev–Trinajstić information content (AvgIpc) is 2.24. The molecule has 0 atom stereocenters. The first-order valence-corrected chi connectivity index (χ1v) is 7.05. The van der Waals surface area contributed by atoms with Gasteiger partial charge in [-0.25, -0.2) is 0 Å². The lowest BCUT2D eigenvalue weighted by atomic mass is 9.78. The maximum Gasteiger partial charge on any atom is 0.122 e. The molecule has 19 heavy (non-hydrogen) atoms. The maximum absolute atomic E-state index is 10.5. The lowest BCUT2D eigenvalue weighted by Gasteiger charge is -2.27.